The van der Waals surface area contributed by atoms with Crippen LogP contribution in [0.1, 0.15) is 38.7 Å². The number of hydrogen-bond donors (Lipinski definition) is 1. The number of amides is 1. The van der Waals surface area contributed by atoms with Gasteiger partial charge in [-0.3, -0.25) is 0 Å². The van der Waals surface area contributed by atoms with Gasteiger partial charge in [-0.25, -0.2) is 4.79 Å². The van der Waals surface area contributed by atoms with Gasteiger partial charge in [0, 0.05) is 11.6 Å². The molecule has 1 aliphatic carbocycles. The lowest BCUT2D eigenvalue weighted by molar-refractivity contribution is 0.0525. The highest BCUT2D eigenvalue weighted by molar-refractivity contribution is 6.30. The highest BCUT2D eigenvalue weighted by Gasteiger charge is 2.40. The first-order chi connectivity index (χ1) is 10.8. The number of ether oxygens (including phenoxy) is 2. The Labute approximate surface area is 142 Å². The second-order valence-corrected chi connectivity index (χ2v) is 7.20. The summed E-state index contributed by atoms with van der Waals surface area (Å²) >= 11 is 6.11. The van der Waals surface area contributed by atoms with Gasteiger partial charge in [-0.15, -0.1) is 0 Å². The van der Waals surface area contributed by atoms with E-state index in [1.54, 1.807) is 6.08 Å². The van der Waals surface area contributed by atoms with E-state index in [4.69, 9.17) is 21.1 Å². The Kier molecular flexibility index (Phi) is 5.58. The number of benzene rings is 1. The normalized spacial score (nSPS) is 19.8. The molecule has 0 spiro atoms. The van der Waals surface area contributed by atoms with E-state index in [2.05, 4.69) is 11.9 Å². The number of halogens is 1. The summed E-state index contributed by atoms with van der Waals surface area (Å²) < 4.78 is 10.9. The van der Waals surface area contributed by atoms with Crippen LogP contribution < -0.4 is 10.1 Å². The molecule has 1 N–H and O–H groups in total. The maximum atomic E-state index is 11.7. The van der Waals surface area contributed by atoms with E-state index in [1.807, 2.05) is 39.0 Å². The van der Waals surface area contributed by atoms with Crippen molar-refractivity contribution in [2.75, 3.05) is 13.2 Å². The van der Waals surface area contributed by atoms with Gasteiger partial charge in [0.15, 0.2) is 0 Å². The Balaban J connectivity index is 1.91. The predicted molar refractivity (Wildman–Crippen MR) is 92.2 cm³/mol. The first kappa shape index (κ1) is 17.7. The molecule has 1 saturated carbocycles. The van der Waals surface area contributed by atoms with E-state index in [0.717, 1.165) is 17.7 Å². The molecule has 1 aromatic rings. The van der Waals surface area contributed by atoms with Gasteiger partial charge in [0.2, 0.25) is 0 Å². The molecule has 1 aromatic carbocycles. The SMILES string of the molecule is C=CCOc1ccc(Cl)cc1C1CC1CNC(=O)OC(C)(C)C. The van der Waals surface area contributed by atoms with Crippen molar-refractivity contribution in [3.63, 3.8) is 0 Å². The number of rotatable bonds is 6. The zero-order valence-electron chi connectivity index (χ0n) is 13.9. The maximum Gasteiger partial charge on any atom is 0.407 e. The van der Waals surface area contributed by atoms with Crippen LogP contribution in [0.5, 0.6) is 5.75 Å². The summed E-state index contributed by atoms with van der Waals surface area (Å²) in [5, 5.41) is 3.52. The molecule has 0 bridgehead atoms. The molecule has 5 heteroatoms. The van der Waals surface area contributed by atoms with Gasteiger partial charge < -0.3 is 14.8 Å². The Morgan fingerprint density at radius 3 is 2.87 bits per heavy atom. The smallest absolute Gasteiger partial charge is 0.407 e. The molecule has 1 fully saturated rings. The van der Waals surface area contributed by atoms with Crippen LogP contribution in [-0.4, -0.2) is 24.8 Å². The van der Waals surface area contributed by atoms with Crippen LogP contribution in [0, 0.1) is 5.92 Å². The lowest BCUT2D eigenvalue weighted by Gasteiger charge is -2.19. The Bertz CT molecular complexity index is 580. The third-order valence-corrected chi connectivity index (χ3v) is 3.79. The first-order valence-corrected chi connectivity index (χ1v) is 8.18. The molecule has 2 rings (SSSR count). The maximum absolute atomic E-state index is 11.7. The predicted octanol–water partition coefficient (Wildman–Crippen LogP) is 4.53. The molecule has 2 atom stereocenters. The third-order valence-electron chi connectivity index (χ3n) is 3.56. The molecule has 4 nitrogen and oxygen atoms in total. The summed E-state index contributed by atoms with van der Waals surface area (Å²) in [6.07, 6.45) is 2.34. The van der Waals surface area contributed by atoms with E-state index < -0.39 is 5.60 Å². The summed E-state index contributed by atoms with van der Waals surface area (Å²) in [6, 6.07) is 5.65. The summed E-state index contributed by atoms with van der Waals surface area (Å²) in [5.74, 6) is 1.56. The molecule has 2 unspecified atom stereocenters. The summed E-state index contributed by atoms with van der Waals surface area (Å²) in [5.41, 5.74) is 0.612. The minimum atomic E-state index is -0.480. The van der Waals surface area contributed by atoms with Gasteiger partial charge in [0.25, 0.3) is 0 Å². The molecular formula is C18H24ClNO3. The first-order valence-electron chi connectivity index (χ1n) is 7.80. The monoisotopic (exact) mass is 337 g/mol. The van der Waals surface area contributed by atoms with E-state index in [9.17, 15) is 4.79 Å². The van der Waals surface area contributed by atoms with E-state index >= 15 is 0 Å². The van der Waals surface area contributed by atoms with Gasteiger partial charge in [0.05, 0.1) is 0 Å². The number of carbonyl (C=O) groups is 1. The Morgan fingerprint density at radius 1 is 1.48 bits per heavy atom. The van der Waals surface area contributed by atoms with Crippen molar-refractivity contribution in [3.05, 3.63) is 41.4 Å². The van der Waals surface area contributed by atoms with Crippen LogP contribution in [0.25, 0.3) is 0 Å². The largest absolute Gasteiger partial charge is 0.489 e. The molecule has 0 saturated heterocycles. The standard InChI is InChI=1S/C18H24ClNO3/c1-5-8-22-16-7-6-13(19)10-15(16)14-9-12(14)11-20-17(21)23-18(2,3)4/h5-7,10,12,14H,1,8-9,11H2,2-4H3,(H,20,21). The lowest BCUT2D eigenvalue weighted by Crippen LogP contribution is -2.33. The molecular weight excluding hydrogens is 314 g/mol. The second kappa shape index (κ2) is 7.26. The fraction of sp³-hybridized carbons (Fsp3) is 0.500. The minimum absolute atomic E-state index is 0.350. The highest BCUT2D eigenvalue weighted by Crippen LogP contribution is 2.50. The molecule has 0 aliphatic heterocycles. The Hall–Kier alpha value is -1.68. The van der Waals surface area contributed by atoms with E-state index in [-0.39, 0.29) is 6.09 Å². The average molecular weight is 338 g/mol. The average Bonchev–Trinajstić information content (AvgIpc) is 3.21. The third kappa shape index (κ3) is 5.47. The number of hydrogen-bond acceptors (Lipinski definition) is 3. The molecule has 0 radical (unpaired) electrons. The Morgan fingerprint density at radius 2 is 2.22 bits per heavy atom. The van der Waals surface area contributed by atoms with E-state index in [0.29, 0.717) is 30.0 Å². The zero-order chi connectivity index (χ0) is 17.0. The topological polar surface area (TPSA) is 47.6 Å². The van der Waals surface area contributed by atoms with Crippen molar-refractivity contribution in [1.82, 2.24) is 5.32 Å². The van der Waals surface area contributed by atoms with Gasteiger partial charge in [-0.1, -0.05) is 24.3 Å². The second-order valence-electron chi connectivity index (χ2n) is 6.77. The summed E-state index contributed by atoms with van der Waals surface area (Å²) in [6.45, 7) is 10.3. The van der Waals surface area contributed by atoms with Crippen LogP contribution in [0.2, 0.25) is 5.02 Å². The van der Waals surface area contributed by atoms with Crippen molar-refractivity contribution >= 4 is 17.7 Å². The van der Waals surface area contributed by atoms with Crippen molar-refractivity contribution in [3.8, 4) is 5.75 Å². The molecule has 0 heterocycles. The van der Waals surface area contributed by atoms with Crippen molar-refractivity contribution in [2.24, 2.45) is 5.92 Å². The van der Waals surface area contributed by atoms with Gasteiger partial charge in [-0.2, -0.15) is 0 Å². The zero-order valence-corrected chi connectivity index (χ0v) is 14.7. The van der Waals surface area contributed by atoms with Crippen LogP contribution in [0.4, 0.5) is 4.79 Å². The quantitative estimate of drug-likeness (QED) is 0.775. The van der Waals surface area contributed by atoms with Gasteiger partial charge in [0.1, 0.15) is 18.0 Å². The van der Waals surface area contributed by atoms with Gasteiger partial charge in [-0.05, 0) is 62.8 Å². The van der Waals surface area contributed by atoms with Crippen molar-refractivity contribution < 1.29 is 14.3 Å². The van der Waals surface area contributed by atoms with Crippen LogP contribution in [-0.2, 0) is 4.74 Å². The van der Waals surface area contributed by atoms with E-state index in [1.165, 1.54) is 0 Å². The van der Waals surface area contributed by atoms with Gasteiger partial charge >= 0.3 is 6.09 Å². The molecule has 1 aliphatic rings. The summed E-state index contributed by atoms with van der Waals surface area (Å²) in [4.78, 5) is 11.7. The molecule has 126 valence electrons. The minimum Gasteiger partial charge on any atom is -0.489 e. The summed E-state index contributed by atoms with van der Waals surface area (Å²) in [7, 11) is 0. The number of carbonyl (C=O) groups excluding carboxylic acids is 1. The van der Waals surface area contributed by atoms with Crippen LogP contribution >= 0.6 is 11.6 Å². The lowest BCUT2D eigenvalue weighted by atomic mass is 10.1. The van der Waals surface area contributed by atoms with Crippen molar-refractivity contribution in [1.29, 1.82) is 0 Å². The van der Waals surface area contributed by atoms with Crippen LogP contribution in [0.3, 0.4) is 0 Å². The van der Waals surface area contributed by atoms with Crippen LogP contribution in [0.15, 0.2) is 30.9 Å². The molecule has 0 aromatic heterocycles. The fourth-order valence-corrected chi connectivity index (χ4v) is 2.65. The fourth-order valence-electron chi connectivity index (χ4n) is 2.47. The molecule has 1 amide bonds. The van der Waals surface area contributed by atoms with Crippen molar-refractivity contribution in [2.45, 2.75) is 38.7 Å². The highest BCUT2D eigenvalue weighted by atomic mass is 35.5. The molecule has 23 heavy (non-hydrogen) atoms. The number of nitrogens with one attached hydrogen (secondary N) is 1. The number of alkyl carbamates (subject to hydrolysis) is 1.